The van der Waals surface area contributed by atoms with Crippen LogP contribution < -0.4 is 5.32 Å². The number of hydrogen-bond donors (Lipinski definition) is 1. The Balaban J connectivity index is 1.66. The van der Waals surface area contributed by atoms with Crippen LogP contribution in [0.15, 0.2) is 66.7 Å². The highest BCUT2D eigenvalue weighted by molar-refractivity contribution is 7.54. The third-order valence-corrected chi connectivity index (χ3v) is 10.0. The Morgan fingerprint density at radius 1 is 0.860 bits per heavy atom. The van der Waals surface area contributed by atoms with Crippen LogP contribution in [0, 0.1) is 0 Å². The molecule has 1 aliphatic rings. The van der Waals surface area contributed by atoms with Gasteiger partial charge in [-0.3, -0.25) is 14.2 Å². The minimum absolute atomic E-state index is 0.0198. The first-order chi connectivity index (χ1) is 23.9. The Hall–Kier alpha value is -4.26. The molecule has 0 radical (unpaired) electrons. The van der Waals surface area contributed by atoms with Gasteiger partial charge in [-0.15, -0.1) is 0 Å². The topological polar surface area (TPSA) is 127 Å². The molecule has 0 saturated carbocycles. The average molecular weight is 719 g/mol. The number of ether oxygens (including phenoxy) is 1. The molecule has 1 saturated heterocycles. The number of unbranched alkanes of at least 4 members (excludes halogenated alkanes) is 1. The number of amides is 3. The molecule has 0 unspecified atom stereocenters. The molecular weight excluding hydrogens is 676 g/mol. The molecule has 1 aromatic heterocycles. The molecule has 1 fully saturated rings. The van der Waals surface area contributed by atoms with E-state index in [9.17, 15) is 32.1 Å². The van der Waals surface area contributed by atoms with E-state index in [1.165, 1.54) is 28.0 Å². The zero-order valence-corrected chi connectivity index (χ0v) is 29.2. The van der Waals surface area contributed by atoms with Crippen LogP contribution in [-0.2, 0) is 29.3 Å². The minimum atomic E-state index is -4.60. The Kier molecular flexibility index (Phi) is 13.6. The molecule has 1 atom stereocenters. The first-order valence-electron chi connectivity index (χ1n) is 16.5. The van der Waals surface area contributed by atoms with Crippen molar-refractivity contribution in [3.8, 4) is 22.4 Å². The number of piperazine rings is 1. The van der Waals surface area contributed by atoms with Gasteiger partial charge in [0.15, 0.2) is 0 Å². The second kappa shape index (κ2) is 17.6. The normalized spacial score (nSPS) is 14.3. The predicted octanol–water partition coefficient (Wildman–Crippen LogP) is 6.88. The standard InChI is InChI=1S/C35H42F3N4O7P/c1-4-7-20-47-34(45)42-18-16-41(17-19-42)33(44)31(24-50(46,48-5-2)49-6-3)40-32(43)30-23-27(25-12-9-8-10-13-25)22-29(39-30)26-14-11-15-28(21-26)35(36,37)38/h8-15,21-23,31H,4-7,16-20,24H2,1-3H3,(H,40,43)/t31-/m0/s1. The van der Waals surface area contributed by atoms with E-state index in [-0.39, 0.29) is 56.3 Å². The van der Waals surface area contributed by atoms with E-state index < -0.39 is 49.4 Å². The summed E-state index contributed by atoms with van der Waals surface area (Å²) in [6, 6.07) is 15.2. The number of halogens is 3. The number of carbonyl (C=O) groups is 3. The zero-order valence-electron chi connectivity index (χ0n) is 28.3. The quantitative estimate of drug-likeness (QED) is 0.141. The Bertz CT molecular complexity index is 1660. The lowest BCUT2D eigenvalue weighted by Gasteiger charge is -2.36. The number of benzene rings is 2. The molecule has 3 aromatic rings. The molecule has 11 nitrogen and oxygen atoms in total. The molecule has 1 N–H and O–H groups in total. The highest BCUT2D eigenvalue weighted by atomic mass is 31.2. The molecule has 270 valence electrons. The van der Waals surface area contributed by atoms with Gasteiger partial charge in [-0.25, -0.2) is 9.78 Å². The van der Waals surface area contributed by atoms with Crippen LogP contribution in [0.2, 0.25) is 0 Å². The maximum atomic E-state index is 14.0. The van der Waals surface area contributed by atoms with Crippen molar-refractivity contribution < 1.29 is 45.9 Å². The summed E-state index contributed by atoms with van der Waals surface area (Å²) in [5.41, 5.74) is 0.337. The number of hydrogen-bond acceptors (Lipinski definition) is 8. The number of carbonyl (C=O) groups excluding carboxylic acids is 3. The number of pyridine rings is 1. The highest BCUT2D eigenvalue weighted by Crippen LogP contribution is 2.48. The average Bonchev–Trinajstić information content (AvgIpc) is 3.11. The molecule has 50 heavy (non-hydrogen) atoms. The second-order valence-electron chi connectivity index (χ2n) is 11.5. The van der Waals surface area contributed by atoms with E-state index in [0.29, 0.717) is 17.7 Å². The van der Waals surface area contributed by atoms with Crippen molar-refractivity contribution in [1.29, 1.82) is 0 Å². The van der Waals surface area contributed by atoms with E-state index in [0.717, 1.165) is 25.0 Å². The second-order valence-corrected chi connectivity index (χ2v) is 13.6. The zero-order chi connectivity index (χ0) is 36.3. The van der Waals surface area contributed by atoms with Crippen molar-refractivity contribution in [1.82, 2.24) is 20.1 Å². The molecule has 0 spiro atoms. The van der Waals surface area contributed by atoms with Gasteiger partial charge in [-0.1, -0.05) is 55.8 Å². The Morgan fingerprint density at radius 2 is 1.50 bits per heavy atom. The van der Waals surface area contributed by atoms with Gasteiger partial charge in [0, 0.05) is 31.7 Å². The first-order valence-corrected chi connectivity index (χ1v) is 18.2. The van der Waals surface area contributed by atoms with Crippen molar-refractivity contribution in [2.75, 3.05) is 52.2 Å². The maximum absolute atomic E-state index is 14.0. The lowest BCUT2D eigenvalue weighted by molar-refractivity contribution is -0.137. The minimum Gasteiger partial charge on any atom is -0.449 e. The number of aromatic nitrogens is 1. The monoisotopic (exact) mass is 718 g/mol. The van der Waals surface area contributed by atoms with Gasteiger partial charge in [-0.05, 0) is 55.7 Å². The summed E-state index contributed by atoms with van der Waals surface area (Å²) in [6.45, 7) is 6.18. The summed E-state index contributed by atoms with van der Waals surface area (Å²) >= 11 is 0. The molecule has 2 aromatic carbocycles. The van der Waals surface area contributed by atoms with Crippen LogP contribution in [0.25, 0.3) is 22.4 Å². The molecule has 4 rings (SSSR count). The molecular formula is C35H42F3N4O7P. The summed E-state index contributed by atoms with van der Waals surface area (Å²) in [5.74, 6) is -1.40. The summed E-state index contributed by atoms with van der Waals surface area (Å²) in [5, 5.41) is 2.65. The van der Waals surface area contributed by atoms with Gasteiger partial charge in [0.2, 0.25) is 5.91 Å². The van der Waals surface area contributed by atoms with Gasteiger partial charge in [0.25, 0.3) is 5.91 Å². The van der Waals surface area contributed by atoms with Crippen LogP contribution in [-0.4, -0.2) is 90.9 Å². The Labute approximate surface area is 289 Å². The SMILES string of the molecule is CCCCOC(=O)N1CCN(C(=O)[C@H](CP(=O)(OCC)OCC)NC(=O)c2cc(-c3ccccc3)cc(-c3cccc(C(F)(F)F)c3)n2)CC1. The fourth-order valence-electron chi connectivity index (χ4n) is 5.35. The molecule has 1 aliphatic heterocycles. The van der Waals surface area contributed by atoms with Gasteiger partial charge in [0.1, 0.15) is 11.7 Å². The van der Waals surface area contributed by atoms with E-state index in [4.69, 9.17) is 13.8 Å². The van der Waals surface area contributed by atoms with Gasteiger partial charge < -0.3 is 28.9 Å². The van der Waals surface area contributed by atoms with Crippen molar-refractivity contribution in [3.63, 3.8) is 0 Å². The van der Waals surface area contributed by atoms with E-state index in [2.05, 4.69) is 10.3 Å². The van der Waals surface area contributed by atoms with Crippen molar-refractivity contribution in [2.45, 2.75) is 45.8 Å². The molecule has 3 amide bonds. The third kappa shape index (κ3) is 10.4. The van der Waals surface area contributed by atoms with Gasteiger partial charge in [-0.2, -0.15) is 13.2 Å². The number of rotatable bonds is 14. The summed E-state index contributed by atoms with van der Waals surface area (Å²) in [6.07, 6.45) is -3.97. The van der Waals surface area contributed by atoms with Crippen LogP contribution >= 0.6 is 7.60 Å². The molecule has 0 aliphatic carbocycles. The van der Waals surface area contributed by atoms with Gasteiger partial charge >= 0.3 is 19.9 Å². The van der Waals surface area contributed by atoms with Crippen LogP contribution in [0.3, 0.4) is 0 Å². The first kappa shape index (κ1) is 38.5. The lowest BCUT2D eigenvalue weighted by atomic mass is 10.0. The summed E-state index contributed by atoms with van der Waals surface area (Å²) in [7, 11) is -3.88. The fraction of sp³-hybridized carbons (Fsp3) is 0.429. The fourth-order valence-corrected chi connectivity index (χ4v) is 7.12. The smallest absolute Gasteiger partial charge is 0.416 e. The highest BCUT2D eigenvalue weighted by Gasteiger charge is 2.38. The largest absolute Gasteiger partial charge is 0.449 e. The predicted molar refractivity (Wildman–Crippen MR) is 181 cm³/mol. The van der Waals surface area contributed by atoms with E-state index in [1.807, 2.05) is 6.92 Å². The summed E-state index contributed by atoms with van der Waals surface area (Å²) < 4.78 is 70.6. The van der Waals surface area contributed by atoms with Crippen molar-refractivity contribution >= 4 is 25.5 Å². The van der Waals surface area contributed by atoms with Crippen LogP contribution in [0.4, 0.5) is 18.0 Å². The van der Waals surface area contributed by atoms with E-state index in [1.54, 1.807) is 50.2 Å². The molecule has 15 heteroatoms. The van der Waals surface area contributed by atoms with E-state index >= 15 is 0 Å². The molecule has 0 bridgehead atoms. The number of nitrogens with one attached hydrogen (secondary N) is 1. The van der Waals surface area contributed by atoms with Crippen molar-refractivity contribution in [2.24, 2.45) is 0 Å². The van der Waals surface area contributed by atoms with Crippen LogP contribution in [0.1, 0.15) is 49.7 Å². The summed E-state index contributed by atoms with van der Waals surface area (Å²) in [4.78, 5) is 47.7. The van der Waals surface area contributed by atoms with Crippen molar-refractivity contribution in [3.05, 3.63) is 78.0 Å². The lowest BCUT2D eigenvalue weighted by Crippen LogP contribution is -2.57. The number of nitrogens with zero attached hydrogens (tertiary/aromatic N) is 3. The van der Waals surface area contributed by atoms with Gasteiger partial charge in [0.05, 0.1) is 37.2 Å². The Morgan fingerprint density at radius 3 is 2.12 bits per heavy atom. The third-order valence-electron chi connectivity index (χ3n) is 7.88. The van der Waals surface area contributed by atoms with Crippen LogP contribution in [0.5, 0.6) is 0 Å². The molecule has 2 heterocycles. The maximum Gasteiger partial charge on any atom is 0.416 e. The number of alkyl halides is 3.